The van der Waals surface area contributed by atoms with Crippen molar-refractivity contribution >= 4 is 28.9 Å². The van der Waals surface area contributed by atoms with Crippen molar-refractivity contribution in [1.29, 1.82) is 0 Å². The molecule has 0 unspecified atom stereocenters. The highest BCUT2D eigenvalue weighted by Gasteiger charge is 2.04. The van der Waals surface area contributed by atoms with Crippen molar-refractivity contribution in [2.75, 3.05) is 11.1 Å². The average Bonchev–Trinajstić information content (AvgIpc) is 2.45. The number of aryl methyl sites for hydroxylation is 1. The number of hydrogen-bond donors (Lipinski definition) is 2. The number of anilines is 2. The molecule has 0 bridgehead atoms. The van der Waals surface area contributed by atoms with Gasteiger partial charge in [0, 0.05) is 30.5 Å². The van der Waals surface area contributed by atoms with Crippen LogP contribution >= 0.6 is 11.6 Å². The van der Waals surface area contributed by atoms with Crippen molar-refractivity contribution in [3.05, 3.63) is 52.2 Å². The fraction of sp³-hybridized carbons (Fsp3) is 0.214. The summed E-state index contributed by atoms with van der Waals surface area (Å²) in [7, 11) is 0. The summed E-state index contributed by atoms with van der Waals surface area (Å²) in [5.74, 6) is -0.122. The van der Waals surface area contributed by atoms with Crippen molar-refractivity contribution in [2.24, 2.45) is 0 Å². The zero-order valence-corrected chi connectivity index (χ0v) is 12.0. The molecule has 0 fully saturated rings. The second-order valence-electron chi connectivity index (χ2n) is 4.52. The molecular weight excluding hydrogens is 292 g/mol. The molecule has 0 aliphatic heterocycles. The van der Waals surface area contributed by atoms with E-state index in [9.17, 15) is 9.59 Å². The fourth-order valence-electron chi connectivity index (χ4n) is 1.79. The molecule has 0 spiro atoms. The SMILES string of the molecule is Nc1ccc(NC(=O)CCCn2cc(Cl)cnc2=O)cc1. The minimum absolute atomic E-state index is 0.122. The first-order valence-corrected chi connectivity index (χ1v) is 6.80. The van der Waals surface area contributed by atoms with Gasteiger partial charge in [0.05, 0.1) is 11.2 Å². The van der Waals surface area contributed by atoms with Gasteiger partial charge in [-0.3, -0.25) is 9.36 Å². The van der Waals surface area contributed by atoms with Crippen LogP contribution < -0.4 is 16.7 Å². The van der Waals surface area contributed by atoms with Gasteiger partial charge in [-0.25, -0.2) is 9.78 Å². The van der Waals surface area contributed by atoms with Gasteiger partial charge in [-0.2, -0.15) is 0 Å². The summed E-state index contributed by atoms with van der Waals surface area (Å²) < 4.78 is 1.39. The molecule has 1 heterocycles. The first-order chi connectivity index (χ1) is 10.0. The lowest BCUT2D eigenvalue weighted by Crippen LogP contribution is -2.22. The molecule has 7 heteroatoms. The average molecular weight is 307 g/mol. The normalized spacial score (nSPS) is 10.3. The first kappa shape index (κ1) is 15.1. The highest BCUT2D eigenvalue weighted by molar-refractivity contribution is 6.30. The number of nitrogens with two attached hydrogens (primary N) is 1. The topological polar surface area (TPSA) is 90.0 Å². The molecule has 110 valence electrons. The Bertz CT molecular complexity index is 682. The highest BCUT2D eigenvalue weighted by Crippen LogP contribution is 2.11. The number of benzene rings is 1. The summed E-state index contributed by atoms with van der Waals surface area (Å²) in [5.41, 5.74) is 6.52. The van der Waals surface area contributed by atoms with Crippen LogP contribution in [0.1, 0.15) is 12.8 Å². The van der Waals surface area contributed by atoms with E-state index in [0.29, 0.717) is 35.8 Å². The Balaban J connectivity index is 1.83. The predicted molar refractivity (Wildman–Crippen MR) is 82.2 cm³/mol. The Labute approximate surface area is 126 Å². The summed E-state index contributed by atoms with van der Waals surface area (Å²) in [6.45, 7) is 0.390. The number of aromatic nitrogens is 2. The summed E-state index contributed by atoms with van der Waals surface area (Å²) >= 11 is 5.77. The largest absolute Gasteiger partial charge is 0.399 e. The van der Waals surface area contributed by atoms with Crippen LogP contribution in [0.4, 0.5) is 11.4 Å². The lowest BCUT2D eigenvalue weighted by Gasteiger charge is -2.07. The van der Waals surface area contributed by atoms with Gasteiger partial charge in [-0.05, 0) is 30.7 Å². The number of nitrogens with zero attached hydrogens (tertiary/aromatic N) is 2. The maximum absolute atomic E-state index is 11.8. The Kier molecular flexibility index (Phi) is 4.94. The number of nitrogens with one attached hydrogen (secondary N) is 1. The number of nitrogen functional groups attached to an aromatic ring is 1. The van der Waals surface area contributed by atoms with Gasteiger partial charge in [0.2, 0.25) is 5.91 Å². The summed E-state index contributed by atoms with van der Waals surface area (Å²) in [6.07, 6.45) is 3.62. The lowest BCUT2D eigenvalue weighted by molar-refractivity contribution is -0.116. The third-order valence-corrected chi connectivity index (χ3v) is 3.02. The van der Waals surface area contributed by atoms with Crippen molar-refractivity contribution in [2.45, 2.75) is 19.4 Å². The van der Waals surface area contributed by atoms with E-state index < -0.39 is 0 Å². The van der Waals surface area contributed by atoms with E-state index >= 15 is 0 Å². The standard InChI is InChI=1S/C14H15ClN4O2/c15-10-8-17-14(21)19(9-10)7-1-2-13(20)18-12-5-3-11(16)4-6-12/h3-6,8-9H,1-2,7,16H2,(H,18,20). The molecule has 1 aromatic heterocycles. The van der Waals surface area contributed by atoms with Crippen molar-refractivity contribution < 1.29 is 4.79 Å². The van der Waals surface area contributed by atoms with E-state index in [0.717, 1.165) is 0 Å². The van der Waals surface area contributed by atoms with Crippen molar-refractivity contribution in [1.82, 2.24) is 9.55 Å². The zero-order valence-electron chi connectivity index (χ0n) is 11.3. The molecule has 2 aromatic rings. The molecule has 0 saturated carbocycles. The molecule has 21 heavy (non-hydrogen) atoms. The van der Waals surface area contributed by atoms with E-state index in [1.54, 1.807) is 24.3 Å². The molecule has 1 amide bonds. The van der Waals surface area contributed by atoms with E-state index in [-0.39, 0.29) is 11.6 Å². The van der Waals surface area contributed by atoms with Crippen LogP contribution in [0.2, 0.25) is 5.02 Å². The predicted octanol–water partition coefficient (Wildman–Crippen LogP) is 1.90. The van der Waals surface area contributed by atoms with Gasteiger partial charge in [0.15, 0.2) is 0 Å². The Morgan fingerprint density at radius 1 is 1.33 bits per heavy atom. The number of hydrogen-bond acceptors (Lipinski definition) is 4. The van der Waals surface area contributed by atoms with Gasteiger partial charge in [-0.1, -0.05) is 11.6 Å². The molecule has 3 N–H and O–H groups in total. The summed E-state index contributed by atoms with van der Waals surface area (Å²) in [5, 5.41) is 3.15. The molecule has 0 aliphatic carbocycles. The first-order valence-electron chi connectivity index (χ1n) is 6.42. The minimum Gasteiger partial charge on any atom is -0.399 e. The molecule has 0 radical (unpaired) electrons. The smallest absolute Gasteiger partial charge is 0.347 e. The van der Waals surface area contributed by atoms with Crippen LogP contribution in [0, 0.1) is 0 Å². The second kappa shape index (κ2) is 6.90. The van der Waals surface area contributed by atoms with E-state index in [1.807, 2.05) is 0 Å². The number of carbonyl (C=O) groups is 1. The summed E-state index contributed by atoms with van der Waals surface area (Å²) in [6, 6.07) is 6.90. The minimum atomic E-state index is -0.377. The van der Waals surface area contributed by atoms with Crippen LogP contribution in [0.25, 0.3) is 0 Å². The van der Waals surface area contributed by atoms with Crippen LogP contribution in [-0.2, 0) is 11.3 Å². The van der Waals surface area contributed by atoms with Crippen LogP contribution in [-0.4, -0.2) is 15.5 Å². The molecule has 2 rings (SSSR count). The maximum atomic E-state index is 11.8. The quantitative estimate of drug-likeness (QED) is 0.826. The molecule has 0 atom stereocenters. The third kappa shape index (κ3) is 4.61. The number of amides is 1. The fourth-order valence-corrected chi connectivity index (χ4v) is 1.96. The molecule has 1 aromatic carbocycles. The Morgan fingerprint density at radius 2 is 2.05 bits per heavy atom. The molecule has 0 saturated heterocycles. The molecule has 0 aliphatic rings. The molecular formula is C14H15ClN4O2. The van der Waals surface area contributed by atoms with Gasteiger partial charge in [0.25, 0.3) is 0 Å². The van der Waals surface area contributed by atoms with E-state index in [2.05, 4.69) is 10.3 Å². The van der Waals surface area contributed by atoms with E-state index in [4.69, 9.17) is 17.3 Å². The molecule has 6 nitrogen and oxygen atoms in total. The van der Waals surface area contributed by atoms with Gasteiger partial charge >= 0.3 is 5.69 Å². The maximum Gasteiger partial charge on any atom is 0.347 e. The Morgan fingerprint density at radius 3 is 2.76 bits per heavy atom. The highest BCUT2D eigenvalue weighted by atomic mass is 35.5. The van der Waals surface area contributed by atoms with Crippen molar-refractivity contribution in [3.63, 3.8) is 0 Å². The van der Waals surface area contributed by atoms with Crippen LogP contribution in [0.5, 0.6) is 0 Å². The lowest BCUT2D eigenvalue weighted by atomic mass is 10.2. The van der Waals surface area contributed by atoms with Crippen molar-refractivity contribution in [3.8, 4) is 0 Å². The van der Waals surface area contributed by atoms with Crippen LogP contribution in [0.15, 0.2) is 41.5 Å². The number of halogens is 1. The monoisotopic (exact) mass is 306 g/mol. The van der Waals surface area contributed by atoms with Gasteiger partial charge in [-0.15, -0.1) is 0 Å². The van der Waals surface area contributed by atoms with Gasteiger partial charge in [0.1, 0.15) is 0 Å². The summed E-state index contributed by atoms with van der Waals surface area (Å²) in [4.78, 5) is 26.8. The number of carbonyl (C=O) groups excluding carboxylic acids is 1. The van der Waals surface area contributed by atoms with Crippen LogP contribution in [0.3, 0.4) is 0 Å². The second-order valence-corrected chi connectivity index (χ2v) is 4.96. The van der Waals surface area contributed by atoms with E-state index in [1.165, 1.54) is 17.0 Å². The number of rotatable bonds is 5. The van der Waals surface area contributed by atoms with Gasteiger partial charge < -0.3 is 11.1 Å². The zero-order chi connectivity index (χ0) is 15.2. The third-order valence-electron chi connectivity index (χ3n) is 2.82. The Hall–Kier alpha value is -2.34.